The van der Waals surface area contributed by atoms with Gasteiger partial charge in [-0.05, 0) is 72.3 Å². The van der Waals surface area contributed by atoms with E-state index in [2.05, 4.69) is 120 Å². The van der Waals surface area contributed by atoms with Crippen molar-refractivity contribution in [3.8, 4) is 51.0 Å². The van der Waals surface area contributed by atoms with Crippen molar-refractivity contribution in [3.63, 3.8) is 0 Å². The molecule has 4 aromatic heterocycles. The maximum Gasteiger partial charge on any atom is 0.164 e. The Labute approximate surface area is 325 Å². The number of rotatable bonds is 5. The summed E-state index contributed by atoms with van der Waals surface area (Å²) >= 11 is 0. The van der Waals surface area contributed by atoms with Crippen molar-refractivity contribution in [2.75, 3.05) is 0 Å². The molecule has 0 amide bonds. The van der Waals surface area contributed by atoms with Crippen LogP contribution in [0.4, 0.5) is 0 Å². The minimum absolute atomic E-state index is 0.574. The average Bonchev–Trinajstić information content (AvgIpc) is 3.95. The first kappa shape index (κ1) is 31.5. The Kier molecular flexibility index (Phi) is 6.83. The Bertz CT molecular complexity index is 3530. The van der Waals surface area contributed by atoms with E-state index in [0.29, 0.717) is 17.5 Å². The van der Waals surface area contributed by atoms with Crippen LogP contribution in [-0.4, -0.2) is 19.5 Å². The lowest BCUT2D eigenvalue weighted by Gasteiger charge is -2.10. The molecular weight excluding hydrogens is 701 g/mol. The SMILES string of the molecule is c1ccc(-c2nc(-c3ccc4c(c3)oc3ccc(-c5cccc6c5oc5ccccc56)cc34)nc(-c3ccc4c(c3)c3ccccc3n4-c3ccccc3)n2)cc1. The molecular formula is C51H30N4O2. The highest BCUT2D eigenvalue weighted by Gasteiger charge is 2.19. The molecule has 12 aromatic rings. The van der Waals surface area contributed by atoms with Crippen LogP contribution in [0.5, 0.6) is 0 Å². The van der Waals surface area contributed by atoms with Gasteiger partial charge in [-0.2, -0.15) is 0 Å². The summed E-state index contributed by atoms with van der Waals surface area (Å²) in [5.41, 5.74) is 11.5. The Morgan fingerprint density at radius 3 is 1.77 bits per heavy atom. The molecule has 6 heteroatoms. The number of nitrogens with zero attached hydrogens (tertiary/aromatic N) is 4. The third-order valence-corrected chi connectivity index (χ3v) is 11.1. The first-order chi connectivity index (χ1) is 28.2. The summed E-state index contributed by atoms with van der Waals surface area (Å²) < 4.78 is 15.2. The van der Waals surface area contributed by atoms with E-state index in [1.54, 1.807) is 0 Å². The van der Waals surface area contributed by atoms with Crippen LogP contribution in [0.3, 0.4) is 0 Å². The van der Waals surface area contributed by atoms with E-state index in [4.69, 9.17) is 23.8 Å². The maximum absolute atomic E-state index is 6.50. The van der Waals surface area contributed by atoms with Gasteiger partial charge in [0, 0.05) is 60.3 Å². The number of aromatic nitrogens is 4. The van der Waals surface area contributed by atoms with E-state index in [1.807, 2.05) is 66.7 Å². The summed E-state index contributed by atoms with van der Waals surface area (Å²) in [4.78, 5) is 15.2. The Hall–Kier alpha value is -7.83. The van der Waals surface area contributed by atoms with Crippen LogP contribution in [0, 0.1) is 0 Å². The van der Waals surface area contributed by atoms with Crippen molar-refractivity contribution in [2.24, 2.45) is 0 Å². The van der Waals surface area contributed by atoms with E-state index in [9.17, 15) is 0 Å². The quantitative estimate of drug-likeness (QED) is 0.176. The zero-order valence-corrected chi connectivity index (χ0v) is 30.4. The molecule has 0 aliphatic heterocycles. The number of hydrogen-bond donors (Lipinski definition) is 0. The van der Waals surface area contributed by atoms with Crippen LogP contribution in [0.2, 0.25) is 0 Å². The Morgan fingerprint density at radius 1 is 0.333 bits per heavy atom. The zero-order valence-electron chi connectivity index (χ0n) is 30.4. The highest BCUT2D eigenvalue weighted by atomic mass is 16.3. The maximum atomic E-state index is 6.50. The minimum Gasteiger partial charge on any atom is -0.456 e. The van der Waals surface area contributed by atoms with Gasteiger partial charge in [0.05, 0.1) is 11.0 Å². The van der Waals surface area contributed by atoms with Gasteiger partial charge in [0.1, 0.15) is 22.3 Å². The van der Waals surface area contributed by atoms with Gasteiger partial charge in [-0.25, -0.2) is 15.0 Å². The molecule has 0 bridgehead atoms. The molecule has 0 aliphatic rings. The topological polar surface area (TPSA) is 69.9 Å². The molecule has 0 fully saturated rings. The van der Waals surface area contributed by atoms with Crippen LogP contribution < -0.4 is 0 Å². The number of benzene rings is 8. The van der Waals surface area contributed by atoms with Crippen LogP contribution >= 0.6 is 0 Å². The highest BCUT2D eigenvalue weighted by molar-refractivity contribution is 6.12. The second-order valence-electron chi connectivity index (χ2n) is 14.4. The van der Waals surface area contributed by atoms with Crippen molar-refractivity contribution >= 4 is 65.7 Å². The lowest BCUT2D eigenvalue weighted by atomic mass is 10.00. The van der Waals surface area contributed by atoms with E-state index >= 15 is 0 Å². The molecule has 0 saturated heterocycles. The number of furan rings is 2. The van der Waals surface area contributed by atoms with Crippen LogP contribution in [0.1, 0.15) is 0 Å². The highest BCUT2D eigenvalue weighted by Crippen LogP contribution is 2.40. The summed E-state index contributed by atoms with van der Waals surface area (Å²) in [6.07, 6.45) is 0. The predicted molar refractivity (Wildman–Crippen MR) is 230 cm³/mol. The average molecular weight is 731 g/mol. The lowest BCUT2D eigenvalue weighted by molar-refractivity contribution is 0.668. The molecule has 0 saturated carbocycles. The van der Waals surface area contributed by atoms with Crippen molar-refractivity contribution in [2.45, 2.75) is 0 Å². The van der Waals surface area contributed by atoms with Gasteiger partial charge >= 0.3 is 0 Å². The fraction of sp³-hybridized carbons (Fsp3) is 0. The summed E-state index contributed by atoms with van der Waals surface area (Å²) in [6, 6.07) is 62.7. The molecule has 0 N–H and O–H groups in total. The van der Waals surface area contributed by atoms with Gasteiger partial charge in [0.15, 0.2) is 17.5 Å². The van der Waals surface area contributed by atoms with Crippen molar-refractivity contribution in [1.82, 2.24) is 19.5 Å². The van der Waals surface area contributed by atoms with Gasteiger partial charge in [-0.1, -0.05) is 115 Å². The zero-order chi connectivity index (χ0) is 37.5. The molecule has 8 aromatic carbocycles. The standard InChI is InChI=1S/C51H30N4O2/c1-3-12-31(13-4-1)49-52-50(33-23-26-44-41(29-33)37-16-7-9-20-43(37)55(44)35-14-5-2-6-15-35)54-51(53-49)34-22-25-39-42-28-32(24-27-46(42)56-47(39)30-34)36-18-11-19-40-38-17-8-10-21-45(38)57-48(36)40/h1-30H. The lowest BCUT2D eigenvalue weighted by Crippen LogP contribution is -2.00. The first-order valence-electron chi connectivity index (χ1n) is 19.0. The third-order valence-electron chi connectivity index (χ3n) is 11.1. The Morgan fingerprint density at radius 2 is 0.930 bits per heavy atom. The molecule has 266 valence electrons. The Balaban J connectivity index is 0.993. The van der Waals surface area contributed by atoms with Crippen LogP contribution in [-0.2, 0) is 0 Å². The van der Waals surface area contributed by atoms with Crippen molar-refractivity contribution in [3.05, 3.63) is 182 Å². The predicted octanol–water partition coefficient (Wildman–Crippen LogP) is 13.4. The van der Waals surface area contributed by atoms with Gasteiger partial charge in [-0.15, -0.1) is 0 Å². The molecule has 0 unspecified atom stereocenters. The summed E-state index contributed by atoms with van der Waals surface area (Å²) in [7, 11) is 0. The molecule has 0 radical (unpaired) electrons. The smallest absolute Gasteiger partial charge is 0.164 e. The first-order valence-corrected chi connectivity index (χ1v) is 19.0. The van der Waals surface area contributed by atoms with E-state index in [0.717, 1.165) is 93.8 Å². The summed E-state index contributed by atoms with van der Waals surface area (Å²) in [5, 5.41) is 6.58. The van der Waals surface area contributed by atoms with E-state index < -0.39 is 0 Å². The third kappa shape index (κ3) is 5.01. The molecule has 0 spiro atoms. The second-order valence-corrected chi connectivity index (χ2v) is 14.4. The normalized spacial score (nSPS) is 11.9. The molecule has 6 nitrogen and oxygen atoms in total. The number of fused-ring (bicyclic) bond motifs is 9. The number of hydrogen-bond acceptors (Lipinski definition) is 5. The van der Waals surface area contributed by atoms with Gasteiger partial charge in [0.2, 0.25) is 0 Å². The monoisotopic (exact) mass is 730 g/mol. The van der Waals surface area contributed by atoms with Gasteiger partial charge in [-0.3, -0.25) is 0 Å². The molecule has 0 atom stereocenters. The molecule has 0 aliphatic carbocycles. The fourth-order valence-corrected chi connectivity index (χ4v) is 8.38. The molecule has 57 heavy (non-hydrogen) atoms. The van der Waals surface area contributed by atoms with E-state index in [1.165, 1.54) is 5.39 Å². The van der Waals surface area contributed by atoms with Crippen LogP contribution in [0.25, 0.3) is 117 Å². The largest absolute Gasteiger partial charge is 0.456 e. The second kappa shape index (κ2) is 12.3. The van der Waals surface area contributed by atoms with Crippen molar-refractivity contribution in [1.29, 1.82) is 0 Å². The number of para-hydroxylation sites is 4. The summed E-state index contributed by atoms with van der Waals surface area (Å²) in [6.45, 7) is 0. The van der Waals surface area contributed by atoms with Gasteiger partial charge < -0.3 is 13.4 Å². The van der Waals surface area contributed by atoms with Crippen LogP contribution in [0.15, 0.2) is 191 Å². The van der Waals surface area contributed by atoms with Gasteiger partial charge in [0.25, 0.3) is 0 Å². The van der Waals surface area contributed by atoms with Crippen molar-refractivity contribution < 1.29 is 8.83 Å². The summed E-state index contributed by atoms with van der Waals surface area (Å²) in [5.74, 6) is 1.79. The minimum atomic E-state index is 0.574. The molecule has 4 heterocycles. The van der Waals surface area contributed by atoms with E-state index in [-0.39, 0.29) is 0 Å². The fourth-order valence-electron chi connectivity index (χ4n) is 8.38. The molecule has 12 rings (SSSR count).